The molecule has 0 spiro atoms. The molecule has 4 rings (SSSR count). The highest BCUT2D eigenvalue weighted by molar-refractivity contribution is 7.15. The van der Waals surface area contributed by atoms with Gasteiger partial charge in [0.1, 0.15) is 5.01 Å². The molecule has 0 aliphatic rings. The van der Waals surface area contributed by atoms with Crippen LogP contribution in [0.3, 0.4) is 0 Å². The Labute approximate surface area is 114 Å². The van der Waals surface area contributed by atoms with Gasteiger partial charge in [0, 0.05) is 39.1 Å². The van der Waals surface area contributed by atoms with Crippen LogP contribution in [0.5, 0.6) is 0 Å². The summed E-state index contributed by atoms with van der Waals surface area (Å²) in [5.41, 5.74) is 3.31. The Bertz CT molecular complexity index is 889. The van der Waals surface area contributed by atoms with Crippen molar-refractivity contribution in [3.05, 3.63) is 47.7 Å². The van der Waals surface area contributed by atoms with Gasteiger partial charge in [-0.1, -0.05) is 18.2 Å². The average molecular weight is 265 g/mol. The summed E-state index contributed by atoms with van der Waals surface area (Å²) in [6.07, 6.45) is 5.69. The van der Waals surface area contributed by atoms with Gasteiger partial charge < -0.3 is 4.98 Å². The van der Waals surface area contributed by atoms with E-state index in [4.69, 9.17) is 0 Å². The van der Waals surface area contributed by atoms with Gasteiger partial charge in [0.25, 0.3) is 0 Å². The lowest BCUT2D eigenvalue weighted by atomic mass is 10.1. The molecule has 19 heavy (non-hydrogen) atoms. The van der Waals surface area contributed by atoms with Crippen molar-refractivity contribution in [3.63, 3.8) is 0 Å². The molecule has 0 unspecified atom stereocenters. The van der Waals surface area contributed by atoms with Crippen molar-refractivity contribution >= 4 is 33.1 Å². The van der Waals surface area contributed by atoms with Crippen LogP contribution in [-0.2, 0) is 0 Å². The van der Waals surface area contributed by atoms with Gasteiger partial charge in [-0.2, -0.15) is 0 Å². The highest BCUT2D eigenvalue weighted by Gasteiger charge is 2.12. The topological polar surface area (TPSA) is 41.6 Å². The second-order valence-corrected chi connectivity index (χ2v) is 5.79. The van der Waals surface area contributed by atoms with Crippen LogP contribution in [0.1, 0.15) is 4.88 Å². The number of para-hydroxylation sites is 1. The summed E-state index contributed by atoms with van der Waals surface area (Å²) < 4.78 is 0. The molecule has 4 heteroatoms. The lowest BCUT2D eigenvalue weighted by Crippen LogP contribution is -1.80. The number of hydrogen-bond donors (Lipinski definition) is 1. The number of hydrogen-bond acceptors (Lipinski definition) is 3. The first-order valence-electron chi connectivity index (χ1n) is 6.10. The highest BCUT2D eigenvalue weighted by Crippen LogP contribution is 2.35. The highest BCUT2D eigenvalue weighted by atomic mass is 32.1. The largest absolute Gasteiger partial charge is 0.353 e. The molecule has 0 saturated carbocycles. The van der Waals surface area contributed by atoms with Gasteiger partial charge in [0.2, 0.25) is 0 Å². The van der Waals surface area contributed by atoms with Crippen molar-refractivity contribution in [2.45, 2.75) is 6.92 Å². The Balaban J connectivity index is 2.16. The molecule has 1 N–H and O–H groups in total. The molecule has 3 nitrogen and oxygen atoms in total. The van der Waals surface area contributed by atoms with Crippen LogP contribution in [0.4, 0.5) is 0 Å². The van der Waals surface area contributed by atoms with Gasteiger partial charge in [0.15, 0.2) is 0 Å². The van der Waals surface area contributed by atoms with Crippen LogP contribution >= 0.6 is 11.3 Å². The molecule has 3 aromatic heterocycles. The minimum absolute atomic E-state index is 1.03. The summed E-state index contributed by atoms with van der Waals surface area (Å²) in [6.45, 7) is 2.07. The molecule has 0 fully saturated rings. The van der Waals surface area contributed by atoms with E-state index >= 15 is 0 Å². The van der Waals surface area contributed by atoms with Gasteiger partial charge in [-0.3, -0.25) is 4.98 Å². The molecule has 4 aromatic rings. The molecule has 0 radical (unpaired) electrons. The standard InChI is InChI=1S/C15H11N3S/c1-9-6-17-15(19-9)11-7-16-8-13-14(11)10-4-2-3-5-12(10)18-13/h2-8,18H,1H3. The third-order valence-corrected chi connectivity index (χ3v) is 4.21. The van der Waals surface area contributed by atoms with E-state index in [9.17, 15) is 0 Å². The van der Waals surface area contributed by atoms with Gasteiger partial charge in [-0.15, -0.1) is 11.3 Å². The van der Waals surface area contributed by atoms with E-state index in [-0.39, 0.29) is 0 Å². The van der Waals surface area contributed by atoms with Crippen LogP contribution in [0, 0.1) is 6.92 Å². The van der Waals surface area contributed by atoms with E-state index in [0.717, 1.165) is 21.6 Å². The zero-order valence-corrected chi connectivity index (χ0v) is 11.2. The van der Waals surface area contributed by atoms with Crippen molar-refractivity contribution < 1.29 is 0 Å². The Morgan fingerprint density at radius 2 is 1.95 bits per heavy atom. The van der Waals surface area contributed by atoms with Gasteiger partial charge in [-0.25, -0.2) is 4.98 Å². The second-order valence-electron chi connectivity index (χ2n) is 4.56. The fourth-order valence-electron chi connectivity index (χ4n) is 2.44. The van der Waals surface area contributed by atoms with Crippen LogP contribution in [0.25, 0.3) is 32.4 Å². The predicted octanol–water partition coefficient (Wildman–Crippen LogP) is 4.15. The SMILES string of the molecule is Cc1cnc(-c2cncc3[nH]c4ccccc4c23)s1. The number of aromatic amines is 1. The zero-order chi connectivity index (χ0) is 12.8. The maximum atomic E-state index is 4.49. The molecule has 1 aromatic carbocycles. The normalized spacial score (nSPS) is 11.4. The van der Waals surface area contributed by atoms with Crippen LogP contribution in [0.2, 0.25) is 0 Å². The summed E-state index contributed by atoms with van der Waals surface area (Å²) in [4.78, 5) is 13.4. The second kappa shape index (κ2) is 3.90. The van der Waals surface area contributed by atoms with Gasteiger partial charge in [-0.05, 0) is 13.0 Å². The minimum atomic E-state index is 1.03. The van der Waals surface area contributed by atoms with E-state index < -0.39 is 0 Å². The van der Waals surface area contributed by atoms with E-state index in [0.29, 0.717) is 0 Å². The zero-order valence-electron chi connectivity index (χ0n) is 10.3. The molecule has 0 amide bonds. The van der Waals surface area contributed by atoms with Crippen molar-refractivity contribution in [3.8, 4) is 10.6 Å². The quantitative estimate of drug-likeness (QED) is 0.561. The summed E-state index contributed by atoms with van der Waals surface area (Å²) >= 11 is 1.70. The minimum Gasteiger partial charge on any atom is -0.353 e. The van der Waals surface area contributed by atoms with E-state index in [1.165, 1.54) is 15.6 Å². The Kier molecular flexibility index (Phi) is 2.19. The first-order chi connectivity index (χ1) is 9.33. The maximum Gasteiger partial charge on any atom is 0.125 e. The summed E-state index contributed by atoms with van der Waals surface area (Å²) in [5, 5.41) is 3.46. The predicted molar refractivity (Wildman–Crippen MR) is 79.4 cm³/mol. The number of thiazole rings is 1. The van der Waals surface area contributed by atoms with Crippen molar-refractivity contribution in [2.24, 2.45) is 0 Å². The molecule has 3 heterocycles. The monoisotopic (exact) mass is 265 g/mol. The number of aromatic nitrogens is 3. The number of nitrogens with zero attached hydrogens (tertiary/aromatic N) is 2. The molecule has 92 valence electrons. The van der Waals surface area contributed by atoms with Crippen LogP contribution in [0.15, 0.2) is 42.9 Å². The van der Waals surface area contributed by atoms with Crippen molar-refractivity contribution in [1.29, 1.82) is 0 Å². The third-order valence-electron chi connectivity index (χ3n) is 3.26. The number of rotatable bonds is 1. The molecule has 0 aliphatic heterocycles. The van der Waals surface area contributed by atoms with Gasteiger partial charge in [0.05, 0.1) is 11.7 Å². The summed E-state index contributed by atoms with van der Waals surface area (Å²) in [7, 11) is 0. The Hall–Kier alpha value is -2.20. The first-order valence-corrected chi connectivity index (χ1v) is 6.92. The fourth-order valence-corrected chi connectivity index (χ4v) is 3.22. The first kappa shape index (κ1) is 10.7. The van der Waals surface area contributed by atoms with E-state index in [1.807, 2.05) is 24.7 Å². The molecule has 0 aliphatic carbocycles. The smallest absolute Gasteiger partial charge is 0.125 e. The lowest BCUT2D eigenvalue weighted by Gasteiger charge is -1.99. The third kappa shape index (κ3) is 1.57. The summed E-state index contributed by atoms with van der Waals surface area (Å²) in [6, 6.07) is 8.33. The average Bonchev–Trinajstić information content (AvgIpc) is 3.01. The number of pyridine rings is 1. The Morgan fingerprint density at radius 1 is 1.05 bits per heavy atom. The molecular weight excluding hydrogens is 254 g/mol. The molecule has 0 atom stereocenters. The molecule has 0 saturated heterocycles. The number of benzene rings is 1. The molecule has 0 bridgehead atoms. The molecular formula is C15H11N3S. The van der Waals surface area contributed by atoms with Crippen molar-refractivity contribution in [2.75, 3.05) is 0 Å². The van der Waals surface area contributed by atoms with E-state index in [2.05, 4.69) is 40.1 Å². The number of nitrogens with one attached hydrogen (secondary N) is 1. The number of fused-ring (bicyclic) bond motifs is 3. The maximum absolute atomic E-state index is 4.49. The summed E-state index contributed by atoms with van der Waals surface area (Å²) in [5.74, 6) is 0. The van der Waals surface area contributed by atoms with Crippen molar-refractivity contribution in [1.82, 2.24) is 15.0 Å². The Morgan fingerprint density at radius 3 is 2.79 bits per heavy atom. The number of H-pyrrole nitrogens is 1. The van der Waals surface area contributed by atoms with Gasteiger partial charge >= 0.3 is 0 Å². The lowest BCUT2D eigenvalue weighted by molar-refractivity contribution is 1.33. The fraction of sp³-hybridized carbons (Fsp3) is 0.0667. The number of aryl methyl sites for hydroxylation is 1. The van der Waals surface area contributed by atoms with E-state index in [1.54, 1.807) is 11.3 Å². The van der Waals surface area contributed by atoms with Crippen LogP contribution < -0.4 is 0 Å². The van der Waals surface area contributed by atoms with Crippen LogP contribution in [-0.4, -0.2) is 15.0 Å².